The van der Waals surface area contributed by atoms with Gasteiger partial charge in [-0.25, -0.2) is 9.37 Å². The van der Waals surface area contributed by atoms with E-state index in [1.54, 1.807) is 22.6 Å². The Morgan fingerprint density at radius 3 is 2.88 bits per heavy atom. The van der Waals surface area contributed by atoms with E-state index in [-0.39, 0.29) is 31.2 Å². The highest BCUT2D eigenvalue weighted by Gasteiger charge is 2.14. The molecule has 1 aromatic heterocycles. The zero-order valence-electron chi connectivity index (χ0n) is 7.65. The molecule has 0 spiro atoms. The van der Waals surface area contributed by atoms with Crippen LogP contribution in [0.5, 0.6) is 0 Å². The predicted molar refractivity (Wildman–Crippen MR) is 69.6 cm³/mol. The van der Waals surface area contributed by atoms with Gasteiger partial charge in [0, 0.05) is 0 Å². The summed E-state index contributed by atoms with van der Waals surface area (Å²) in [6.07, 6.45) is 0. The van der Waals surface area contributed by atoms with Crippen LogP contribution in [0.1, 0.15) is 5.82 Å². The molecule has 2 rings (SSSR count). The second-order valence-electron chi connectivity index (χ2n) is 3.03. The van der Waals surface area contributed by atoms with Crippen molar-refractivity contribution in [2.24, 2.45) is 0 Å². The second kappa shape index (κ2) is 4.46. The molecule has 1 heterocycles. The van der Waals surface area contributed by atoms with Crippen LogP contribution in [0.15, 0.2) is 10.9 Å². The number of alkyl halides is 1. The van der Waals surface area contributed by atoms with Gasteiger partial charge in [-0.05, 0) is 28.7 Å². The van der Waals surface area contributed by atoms with Crippen LogP contribution in [0, 0.1) is 9.39 Å². The zero-order valence-corrected chi connectivity index (χ0v) is 11.3. The highest BCUT2D eigenvalue weighted by molar-refractivity contribution is 14.1. The summed E-state index contributed by atoms with van der Waals surface area (Å²) in [6.45, 7) is 0. The van der Waals surface area contributed by atoms with Gasteiger partial charge < -0.3 is 4.98 Å². The molecule has 0 saturated carbocycles. The Labute approximate surface area is 113 Å². The van der Waals surface area contributed by atoms with Crippen LogP contribution in [0.3, 0.4) is 0 Å². The van der Waals surface area contributed by atoms with Crippen LogP contribution in [-0.4, -0.2) is 9.97 Å². The molecular formula is C9H4Cl2FIN2O. The van der Waals surface area contributed by atoms with Crippen molar-refractivity contribution in [3.8, 4) is 0 Å². The molecule has 0 atom stereocenters. The minimum atomic E-state index is -0.597. The lowest BCUT2D eigenvalue weighted by molar-refractivity contribution is 0.628. The minimum absolute atomic E-state index is 0.00630. The fourth-order valence-corrected chi connectivity index (χ4v) is 2.02. The smallest absolute Gasteiger partial charge is 0.258 e. The van der Waals surface area contributed by atoms with Crippen LogP contribution in [0.4, 0.5) is 4.39 Å². The molecule has 7 heteroatoms. The fraction of sp³-hybridized carbons (Fsp3) is 0.111. The summed E-state index contributed by atoms with van der Waals surface area (Å²) in [4.78, 5) is 18.0. The van der Waals surface area contributed by atoms with E-state index in [2.05, 4.69) is 9.97 Å². The van der Waals surface area contributed by atoms with Gasteiger partial charge in [-0.1, -0.05) is 11.6 Å². The van der Waals surface area contributed by atoms with E-state index in [4.69, 9.17) is 23.2 Å². The third-order valence-corrected chi connectivity index (χ3v) is 3.94. The van der Waals surface area contributed by atoms with Gasteiger partial charge in [0.2, 0.25) is 0 Å². The molecule has 1 aromatic carbocycles. The minimum Gasteiger partial charge on any atom is -0.309 e. The first kappa shape index (κ1) is 12.1. The molecule has 0 unspecified atom stereocenters. The van der Waals surface area contributed by atoms with Crippen LogP contribution >= 0.6 is 45.8 Å². The molecule has 16 heavy (non-hydrogen) atoms. The number of hydrogen-bond acceptors (Lipinski definition) is 2. The van der Waals surface area contributed by atoms with Crippen molar-refractivity contribution in [1.82, 2.24) is 9.97 Å². The van der Waals surface area contributed by atoms with Gasteiger partial charge in [0.25, 0.3) is 5.56 Å². The first-order valence-corrected chi connectivity index (χ1v) is 6.16. The molecule has 0 radical (unpaired) electrons. The number of rotatable bonds is 1. The maximum Gasteiger partial charge on any atom is 0.258 e. The van der Waals surface area contributed by atoms with Gasteiger partial charge in [0.1, 0.15) is 11.3 Å². The number of halogens is 4. The molecule has 0 amide bonds. The summed E-state index contributed by atoms with van der Waals surface area (Å²) in [6, 6.07) is 1.39. The number of aromatic nitrogens is 2. The molecule has 0 aliphatic rings. The van der Waals surface area contributed by atoms with Crippen molar-refractivity contribution in [1.29, 1.82) is 0 Å². The van der Waals surface area contributed by atoms with Crippen molar-refractivity contribution >= 4 is 56.7 Å². The Morgan fingerprint density at radius 1 is 1.56 bits per heavy atom. The first-order valence-electron chi connectivity index (χ1n) is 4.17. The number of nitrogens with zero attached hydrogens (tertiary/aromatic N) is 1. The molecule has 0 bridgehead atoms. The maximum absolute atomic E-state index is 13.8. The fourth-order valence-electron chi connectivity index (χ4n) is 1.29. The number of nitrogens with one attached hydrogen (secondary N) is 1. The topological polar surface area (TPSA) is 45.8 Å². The summed E-state index contributed by atoms with van der Waals surface area (Å²) in [5.74, 6) is -0.346. The normalized spacial score (nSPS) is 11.0. The van der Waals surface area contributed by atoms with Gasteiger partial charge in [-0.2, -0.15) is 0 Å². The van der Waals surface area contributed by atoms with E-state index in [0.29, 0.717) is 0 Å². The van der Waals surface area contributed by atoms with E-state index in [0.717, 1.165) is 0 Å². The van der Waals surface area contributed by atoms with Crippen LogP contribution < -0.4 is 5.56 Å². The SMILES string of the molecule is O=c1[nH]c(CCl)nc2c(F)c(I)c(Cl)cc12. The van der Waals surface area contributed by atoms with E-state index in [1.807, 2.05) is 0 Å². The number of benzene rings is 1. The molecular weight excluding hydrogens is 369 g/mol. The Morgan fingerprint density at radius 2 is 2.25 bits per heavy atom. The summed E-state index contributed by atoms with van der Waals surface area (Å²) >= 11 is 13.1. The van der Waals surface area contributed by atoms with E-state index < -0.39 is 11.4 Å². The predicted octanol–water partition coefficient (Wildman–Crippen LogP) is 3.06. The molecule has 1 N–H and O–H groups in total. The standard InChI is InChI=1S/C9H4Cl2FIN2O/c10-2-5-14-8-3(9(16)15-5)1-4(11)7(13)6(8)12/h1H,2H2,(H,14,15,16). The molecule has 0 fully saturated rings. The Balaban J connectivity index is 2.96. The lowest BCUT2D eigenvalue weighted by Crippen LogP contribution is -2.12. The van der Waals surface area contributed by atoms with Crippen molar-refractivity contribution in [2.75, 3.05) is 0 Å². The van der Waals surface area contributed by atoms with Crippen molar-refractivity contribution in [3.63, 3.8) is 0 Å². The second-order valence-corrected chi connectivity index (χ2v) is 4.78. The molecule has 3 nitrogen and oxygen atoms in total. The number of aromatic amines is 1. The molecule has 2 aromatic rings. The Kier molecular flexibility index (Phi) is 3.37. The molecule has 0 aliphatic carbocycles. The monoisotopic (exact) mass is 372 g/mol. The summed E-state index contributed by atoms with van der Waals surface area (Å²) < 4.78 is 14.0. The quantitative estimate of drug-likeness (QED) is 0.475. The van der Waals surface area contributed by atoms with Crippen LogP contribution in [0.2, 0.25) is 5.02 Å². The van der Waals surface area contributed by atoms with Gasteiger partial charge in [0.05, 0.1) is 19.9 Å². The van der Waals surface area contributed by atoms with Crippen molar-refractivity contribution < 1.29 is 4.39 Å². The lowest BCUT2D eigenvalue weighted by atomic mass is 10.2. The van der Waals surface area contributed by atoms with Crippen LogP contribution in [0.25, 0.3) is 10.9 Å². The summed E-state index contributed by atoms with van der Waals surface area (Å²) in [5.41, 5.74) is -0.453. The lowest BCUT2D eigenvalue weighted by Gasteiger charge is -2.04. The maximum atomic E-state index is 13.8. The van der Waals surface area contributed by atoms with Crippen molar-refractivity contribution in [2.45, 2.75) is 5.88 Å². The van der Waals surface area contributed by atoms with E-state index >= 15 is 0 Å². The van der Waals surface area contributed by atoms with Gasteiger partial charge in [0.15, 0.2) is 5.82 Å². The average molecular weight is 373 g/mol. The van der Waals surface area contributed by atoms with Gasteiger partial charge in [-0.15, -0.1) is 11.6 Å². The van der Waals surface area contributed by atoms with E-state index in [1.165, 1.54) is 6.07 Å². The number of H-pyrrole nitrogens is 1. The highest BCUT2D eigenvalue weighted by Crippen LogP contribution is 2.26. The number of fused-ring (bicyclic) bond motifs is 1. The third kappa shape index (κ3) is 1.91. The van der Waals surface area contributed by atoms with Crippen molar-refractivity contribution in [3.05, 3.63) is 36.7 Å². The van der Waals surface area contributed by atoms with E-state index in [9.17, 15) is 9.18 Å². The zero-order chi connectivity index (χ0) is 11.9. The van der Waals surface area contributed by atoms with Gasteiger partial charge in [-0.3, -0.25) is 4.79 Å². The highest BCUT2D eigenvalue weighted by atomic mass is 127. The Bertz CT molecular complexity index is 629. The third-order valence-electron chi connectivity index (χ3n) is 2.01. The molecule has 0 saturated heterocycles. The molecule has 0 aliphatic heterocycles. The summed E-state index contributed by atoms with van der Waals surface area (Å²) in [5, 5.41) is 0.313. The average Bonchev–Trinajstić information content (AvgIpc) is 2.27. The Hall–Kier alpha value is -0.400. The summed E-state index contributed by atoms with van der Waals surface area (Å²) in [7, 11) is 0. The van der Waals surface area contributed by atoms with Gasteiger partial charge >= 0.3 is 0 Å². The molecule has 84 valence electrons. The van der Waals surface area contributed by atoms with Crippen LogP contribution in [-0.2, 0) is 5.88 Å². The largest absolute Gasteiger partial charge is 0.309 e. The first-order chi connectivity index (χ1) is 7.54. The number of hydrogen-bond donors (Lipinski definition) is 1.